The van der Waals surface area contributed by atoms with Crippen LogP contribution in [-0.2, 0) is 24.3 Å². The fourth-order valence-electron chi connectivity index (χ4n) is 4.61. The molecule has 0 radical (unpaired) electrons. The first-order valence-corrected chi connectivity index (χ1v) is 12.7. The van der Waals surface area contributed by atoms with Crippen LogP contribution in [0.2, 0.25) is 0 Å². The molecule has 1 aromatic rings. The molecule has 5 unspecified atom stereocenters. The van der Waals surface area contributed by atoms with E-state index in [2.05, 4.69) is 13.8 Å². The van der Waals surface area contributed by atoms with Gasteiger partial charge in [0.2, 0.25) is 10.0 Å². The Kier molecular flexibility index (Phi) is 7.62. The Bertz CT molecular complexity index is 912. The molecule has 2 saturated heterocycles. The van der Waals surface area contributed by atoms with Gasteiger partial charge in [0.25, 0.3) is 5.91 Å². The first-order chi connectivity index (χ1) is 15.0. The van der Waals surface area contributed by atoms with Gasteiger partial charge < -0.3 is 14.4 Å². The Hall–Kier alpha value is -1.97. The molecule has 0 saturated carbocycles. The maximum atomic E-state index is 13.0. The molecule has 0 spiro atoms. The molecule has 3 rings (SSSR count). The zero-order chi connectivity index (χ0) is 23.6. The predicted octanol–water partition coefficient (Wildman–Crippen LogP) is 2.53. The van der Waals surface area contributed by atoms with Gasteiger partial charge in [-0.2, -0.15) is 4.31 Å². The topological polar surface area (TPSA) is 93.2 Å². The summed E-state index contributed by atoms with van der Waals surface area (Å²) in [6.45, 7) is 11.3. The van der Waals surface area contributed by atoms with E-state index in [9.17, 15) is 18.0 Å². The summed E-state index contributed by atoms with van der Waals surface area (Å²) in [6, 6.07) is 5.71. The highest BCUT2D eigenvalue weighted by Gasteiger charge is 2.33. The zero-order valence-electron chi connectivity index (χ0n) is 19.5. The number of ether oxygens (including phenoxy) is 2. The Balaban J connectivity index is 1.64. The maximum Gasteiger partial charge on any atom is 0.338 e. The van der Waals surface area contributed by atoms with Crippen molar-refractivity contribution in [2.24, 2.45) is 11.8 Å². The van der Waals surface area contributed by atoms with Crippen molar-refractivity contribution in [3.05, 3.63) is 29.8 Å². The monoisotopic (exact) mass is 466 g/mol. The second kappa shape index (κ2) is 9.89. The van der Waals surface area contributed by atoms with E-state index >= 15 is 0 Å². The Morgan fingerprint density at radius 1 is 0.969 bits per heavy atom. The van der Waals surface area contributed by atoms with Crippen molar-refractivity contribution in [3.63, 3.8) is 0 Å². The van der Waals surface area contributed by atoms with Crippen LogP contribution in [0, 0.1) is 11.8 Å². The van der Waals surface area contributed by atoms with Gasteiger partial charge in [-0.1, -0.05) is 13.8 Å². The molecule has 0 aromatic heterocycles. The Morgan fingerprint density at radius 2 is 1.50 bits per heavy atom. The highest BCUT2D eigenvalue weighted by Crippen LogP contribution is 2.27. The van der Waals surface area contributed by atoms with Gasteiger partial charge >= 0.3 is 5.97 Å². The number of hydrogen-bond acceptors (Lipinski definition) is 6. The molecule has 178 valence electrons. The fourth-order valence-corrected chi connectivity index (χ4v) is 6.29. The first kappa shape index (κ1) is 24.7. The van der Waals surface area contributed by atoms with Gasteiger partial charge in [-0.3, -0.25) is 4.79 Å². The number of rotatable bonds is 5. The summed E-state index contributed by atoms with van der Waals surface area (Å²) in [7, 11) is -3.62. The minimum atomic E-state index is -3.62. The van der Waals surface area contributed by atoms with Gasteiger partial charge in [0.15, 0.2) is 6.10 Å². The summed E-state index contributed by atoms with van der Waals surface area (Å²) in [5.41, 5.74) is 0.202. The lowest BCUT2D eigenvalue weighted by Crippen LogP contribution is -2.51. The van der Waals surface area contributed by atoms with Crippen molar-refractivity contribution in [3.8, 4) is 0 Å². The van der Waals surface area contributed by atoms with Crippen LogP contribution in [0.4, 0.5) is 0 Å². The van der Waals surface area contributed by atoms with Crippen LogP contribution in [0.25, 0.3) is 0 Å². The van der Waals surface area contributed by atoms with E-state index in [1.54, 1.807) is 11.8 Å². The van der Waals surface area contributed by atoms with E-state index in [1.807, 2.05) is 13.8 Å². The van der Waals surface area contributed by atoms with Crippen LogP contribution < -0.4 is 0 Å². The van der Waals surface area contributed by atoms with Crippen molar-refractivity contribution >= 4 is 21.9 Å². The highest BCUT2D eigenvalue weighted by molar-refractivity contribution is 7.89. The smallest absolute Gasteiger partial charge is 0.338 e. The summed E-state index contributed by atoms with van der Waals surface area (Å²) < 4.78 is 38.5. The molecule has 5 atom stereocenters. The van der Waals surface area contributed by atoms with E-state index in [0.29, 0.717) is 38.0 Å². The zero-order valence-corrected chi connectivity index (χ0v) is 20.3. The van der Waals surface area contributed by atoms with Gasteiger partial charge in [-0.25, -0.2) is 13.2 Å². The Labute approximate surface area is 190 Å². The third-order valence-corrected chi connectivity index (χ3v) is 7.77. The summed E-state index contributed by atoms with van der Waals surface area (Å²) in [4.78, 5) is 27.0. The normalized spacial score (nSPS) is 28.2. The quantitative estimate of drug-likeness (QED) is 0.619. The van der Waals surface area contributed by atoms with Gasteiger partial charge in [-0.15, -0.1) is 0 Å². The predicted molar refractivity (Wildman–Crippen MR) is 120 cm³/mol. The van der Waals surface area contributed by atoms with Crippen LogP contribution in [0.1, 0.15) is 51.4 Å². The molecule has 0 N–H and O–H groups in total. The van der Waals surface area contributed by atoms with Crippen molar-refractivity contribution in [2.75, 3.05) is 26.2 Å². The number of morpholine rings is 1. The number of carbonyl (C=O) groups is 2. The number of amides is 1. The lowest BCUT2D eigenvalue weighted by atomic mass is 9.94. The number of sulfonamides is 1. The van der Waals surface area contributed by atoms with Crippen molar-refractivity contribution in [1.29, 1.82) is 0 Å². The minimum Gasteiger partial charge on any atom is -0.449 e. The second-order valence-electron chi connectivity index (χ2n) is 9.34. The van der Waals surface area contributed by atoms with Crippen molar-refractivity contribution < 1.29 is 27.5 Å². The third kappa shape index (κ3) is 5.68. The molecule has 9 heteroatoms. The summed E-state index contributed by atoms with van der Waals surface area (Å²) in [5.74, 6) is -0.323. The lowest BCUT2D eigenvalue weighted by Gasteiger charge is -2.36. The number of carbonyl (C=O) groups excluding carboxylic acids is 2. The molecule has 1 amide bonds. The van der Waals surface area contributed by atoms with Crippen LogP contribution in [0.3, 0.4) is 0 Å². The van der Waals surface area contributed by atoms with E-state index in [4.69, 9.17) is 9.47 Å². The number of benzene rings is 1. The van der Waals surface area contributed by atoms with E-state index in [-0.39, 0.29) is 28.6 Å². The molecule has 2 aliphatic rings. The highest BCUT2D eigenvalue weighted by atomic mass is 32.2. The first-order valence-electron chi connectivity index (χ1n) is 11.2. The summed E-state index contributed by atoms with van der Waals surface area (Å²) in [6.07, 6.45) is -0.0904. The molecule has 2 heterocycles. The molecular weight excluding hydrogens is 432 g/mol. The number of esters is 1. The third-order valence-electron chi connectivity index (χ3n) is 5.93. The number of hydrogen-bond donors (Lipinski definition) is 0. The molecule has 2 fully saturated rings. The Morgan fingerprint density at radius 3 is 2.03 bits per heavy atom. The van der Waals surface area contributed by atoms with E-state index in [0.717, 1.165) is 6.42 Å². The maximum absolute atomic E-state index is 13.0. The van der Waals surface area contributed by atoms with Crippen LogP contribution >= 0.6 is 0 Å². The molecule has 0 bridgehead atoms. The average Bonchev–Trinajstić information content (AvgIpc) is 2.71. The molecule has 8 nitrogen and oxygen atoms in total. The molecular formula is C23H34N2O6S. The lowest BCUT2D eigenvalue weighted by molar-refractivity contribution is -0.151. The molecule has 1 aromatic carbocycles. The standard InChI is InChI=1S/C23H34N2O6S/c1-15-10-16(2)12-25(11-15)32(28,29)21-8-6-20(7-9-21)23(27)31-19(5)22(26)24-13-17(3)30-18(4)14-24/h6-9,15-19H,10-14H2,1-5H3. The van der Waals surface area contributed by atoms with Crippen LogP contribution in [0.5, 0.6) is 0 Å². The van der Waals surface area contributed by atoms with Crippen LogP contribution in [-0.4, -0.2) is 74.0 Å². The molecule has 2 aliphatic heterocycles. The van der Waals surface area contributed by atoms with Gasteiger partial charge in [0, 0.05) is 26.2 Å². The number of piperidine rings is 1. The molecule has 32 heavy (non-hydrogen) atoms. The summed E-state index contributed by atoms with van der Waals surface area (Å²) in [5, 5.41) is 0. The van der Waals surface area contributed by atoms with E-state index < -0.39 is 22.1 Å². The largest absolute Gasteiger partial charge is 0.449 e. The van der Waals surface area contributed by atoms with Crippen molar-refractivity contribution in [1.82, 2.24) is 9.21 Å². The van der Waals surface area contributed by atoms with Gasteiger partial charge in [0.1, 0.15) is 0 Å². The van der Waals surface area contributed by atoms with E-state index in [1.165, 1.54) is 28.6 Å². The average molecular weight is 467 g/mol. The fraction of sp³-hybridized carbons (Fsp3) is 0.652. The van der Waals surface area contributed by atoms with Crippen LogP contribution in [0.15, 0.2) is 29.2 Å². The van der Waals surface area contributed by atoms with Gasteiger partial charge in [0.05, 0.1) is 22.7 Å². The SMILES string of the molecule is CC1CC(C)CN(S(=O)(=O)c2ccc(C(=O)OC(C)C(=O)N3CC(C)OC(C)C3)cc2)C1. The number of nitrogens with zero attached hydrogens (tertiary/aromatic N) is 2. The minimum absolute atomic E-state index is 0.0778. The van der Waals surface area contributed by atoms with Gasteiger partial charge in [-0.05, 0) is 63.3 Å². The van der Waals surface area contributed by atoms with Crippen molar-refractivity contribution in [2.45, 2.75) is 64.2 Å². The second-order valence-corrected chi connectivity index (χ2v) is 11.3. The summed E-state index contributed by atoms with van der Waals surface area (Å²) >= 11 is 0. The molecule has 0 aliphatic carbocycles.